The van der Waals surface area contributed by atoms with Gasteiger partial charge in [0.2, 0.25) is 5.95 Å². The first-order chi connectivity index (χ1) is 7.63. The Balaban J connectivity index is 2.11. The zero-order chi connectivity index (χ0) is 11.7. The van der Waals surface area contributed by atoms with Gasteiger partial charge in [-0.1, -0.05) is 11.8 Å². The van der Waals surface area contributed by atoms with Gasteiger partial charge in [0, 0.05) is 7.05 Å². The minimum absolute atomic E-state index is 0.188. The third-order valence-corrected chi connectivity index (χ3v) is 3.98. The number of aromatic nitrogens is 3. The maximum Gasteiger partial charge on any atom is 0.319 e. The van der Waals surface area contributed by atoms with Crippen molar-refractivity contribution < 1.29 is 9.53 Å². The Morgan fingerprint density at radius 3 is 2.75 bits per heavy atom. The number of hydrogen-bond donors (Lipinski definition) is 1. The maximum atomic E-state index is 11.6. The van der Waals surface area contributed by atoms with Crippen molar-refractivity contribution in [2.24, 2.45) is 13.0 Å². The highest BCUT2D eigenvalue weighted by molar-refractivity contribution is 8.00. The molecule has 1 aliphatic carbocycles. The van der Waals surface area contributed by atoms with Crippen LogP contribution in [-0.4, -0.2) is 33.1 Å². The van der Waals surface area contributed by atoms with Crippen LogP contribution in [0, 0.1) is 5.92 Å². The summed E-state index contributed by atoms with van der Waals surface area (Å²) >= 11 is 1.37. The highest BCUT2D eigenvalue weighted by Gasteiger charge is 2.38. The van der Waals surface area contributed by atoms with Crippen LogP contribution in [0.4, 0.5) is 5.95 Å². The Kier molecular flexibility index (Phi) is 3.04. The first kappa shape index (κ1) is 11.3. The molecule has 1 aromatic heterocycles. The predicted octanol–water partition coefficient (Wildman–Crippen LogP) is 0.441. The molecule has 1 atom stereocenters. The van der Waals surface area contributed by atoms with Gasteiger partial charge in [-0.2, -0.15) is 0 Å². The van der Waals surface area contributed by atoms with Crippen LogP contribution in [0.25, 0.3) is 0 Å². The number of thioether (sulfide) groups is 1. The van der Waals surface area contributed by atoms with E-state index in [1.54, 1.807) is 11.6 Å². The van der Waals surface area contributed by atoms with E-state index in [9.17, 15) is 4.79 Å². The minimum Gasteiger partial charge on any atom is -0.468 e. The molecule has 1 aromatic rings. The second-order valence-corrected chi connectivity index (χ2v) is 4.91. The first-order valence-corrected chi connectivity index (χ1v) is 5.90. The molecule has 2 rings (SSSR count). The average Bonchev–Trinajstić information content (AvgIpc) is 3.07. The zero-order valence-corrected chi connectivity index (χ0v) is 10.0. The summed E-state index contributed by atoms with van der Waals surface area (Å²) < 4.78 is 6.45. The SMILES string of the molecule is COC(=O)C(Sc1nnc(N)n1C)C1CC1. The Labute approximate surface area is 97.5 Å². The monoisotopic (exact) mass is 242 g/mol. The molecule has 0 saturated heterocycles. The van der Waals surface area contributed by atoms with E-state index in [1.165, 1.54) is 18.9 Å². The fourth-order valence-corrected chi connectivity index (χ4v) is 2.62. The van der Waals surface area contributed by atoms with Gasteiger partial charge in [0.1, 0.15) is 5.25 Å². The van der Waals surface area contributed by atoms with Gasteiger partial charge in [0.15, 0.2) is 5.16 Å². The molecule has 0 radical (unpaired) electrons. The molecule has 0 aliphatic heterocycles. The number of carbonyl (C=O) groups excluding carboxylic acids is 1. The van der Waals surface area contributed by atoms with E-state index >= 15 is 0 Å². The van der Waals surface area contributed by atoms with Crippen molar-refractivity contribution in [3.05, 3.63) is 0 Å². The topological polar surface area (TPSA) is 83.0 Å². The molecule has 88 valence electrons. The van der Waals surface area contributed by atoms with E-state index in [0.29, 0.717) is 17.0 Å². The zero-order valence-electron chi connectivity index (χ0n) is 9.21. The lowest BCUT2D eigenvalue weighted by molar-refractivity contribution is -0.140. The van der Waals surface area contributed by atoms with Gasteiger partial charge in [0.05, 0.1) is 7.11 Å². The molecule has 7 heteroatoms. The minimum atomic E-state index is -0.200. The lowest BCUT2D eigenvalue weighted by Crippen LogP contribution is -2.21. The highest BCUT2D eigenvalue weighted by Crippen LogP contribution is 2.41. The van der Waals surface area contributed by atoms with Gasteiger partial charge in [0.25, 0.3) is 0 Å². The van der Waals surface area contributed by atoms with Gasteiger partial charge in [-0.05, 0) is 18.8 Å². The smallest absolute Gasteiger partial charge is 0.319 e. The fourth-order valence-electron chi connectivity index (χ4n) is 1.39. The van der Waals surface area contributed by atoms with Crippen LogP contribution in [0.3, 0.4) is 0 Å². The van der Waals surface area contributed by atoms with E-state index in [1.807, 2.05) is 0 Å². The second-order valence-electron chi connectivity index (χ2n) is 3.80. The van der Waals surface area contributed by atoms with E-state index in [0.717, 1.165) is 12.8 Å². The summed E-state index contributed by atoms with van der Waals surface area (Å²) in [6, 6.07) is 0. The van der Waals surface area contributed by atoms with Gasteiger partial charge in [-0.15, -0.1) is 10.2 Å². The van der Waals surface area contributed by atoms with Crippen molar-refractivity contribution in [3.63, 3.8) is 0 Å². The van der Waals surface area contributed by atoms with Crippen molar-refractivity contribution >= 4 is 23.7 Å². The molecule has 1 aliphatic rings. The molecule has 0 spiro atoms. The molecule has 1 fully saturated rings. The summed E-state index contributed by atoms with van der Waals surface area (Å²) in [5, 5.41) is 8.14. The molecular weight excluding hydrogens is 228 g/mol. The van der Waals surface area contributed by atoms with Crippen LogP contribution in [-0.2, 0) is 16.6 Å². The van der Waals surface area contributed by atoms with Crippen molar-refractivity contribution in [1.82, 2.24) is 14.8 Å². The molecular formula is C9H14N4O2S. The molecule has 6 nitrogen and oxygen atoms in total. The molecule has 2 N–H and O–H groups in total. The molecule has 16 heavy (non-hydrogen) atoms. The molecule has 1 unspecified atom stereocenters. The number of carbonyl (C=O) groups is 1. The summed E-state index contributed by atoms with van der Waals surface area (Å²) in [4.78, 5) is 11.6. The molecule has 1 heterocycles. The van der Waals surface area contributed by atoms with Gasteiger partial charge in [-0.25, -0.2) is 0 Å². The third kappa shape index (κ3) is 2.13. The average molecular weight is 242 g/mol. The molecule has 0 aromatic carbocycles. The van der Waals surface area contributed by atoms with Gasteiger partial charge in [-0.3, -0.25) is 9.36 Å². The summed E-state index contributed by atoms with van der Waals surface area (Å²) in [5.74, 6) is 0.548. The molecule has 0 bridgehead atoms. The van der Waals surface area contributed by atoms with Crippen molar-refractivity contribution in [2.45, 2.75) is 23.2 Å². The van der Waals surface area contributed by atoms with Crippen LogP contribution < -0.4 is 5.73 Å². The Bertz CT molecular complexity index is 402. The largest absolute Gasteiger partial charge is 0.468 e. The number of esters is 1. The summed E-state index contributed by atoms with van der Waals surface area (Å²) in [6.45, 7) is 0. The van der Waals surface area contributed by atoms with E-state index < -0.39 is 0 Å². The molecule has 1 saturated carbocycles. The number of rotatable bonds is 4. The van der Waals surface area contributed by atoms with E-state index in [-0.39, 0.29) is 11.2 Å². The van der Waals surface area contributed by atoms with E-state index in [2.05, 4.69) is 10.2 Å². The Morgan fingerprint density at radius 1 is 1.62 bits per heavy atom. The number of methoxy groups -OCH3 is 1. The highest BCUT2D eigenvalue weighted by atomic mass is 32.2. The lowest BCUT2D eigenvalue weighted by Gasteiger charge is -2.12. The first-order valence-electron chi connectivity index (χ1n) is 5.03. The van der Waals surface area contributed by atoms with Crippen LogP contribution in [0.15, 0.2) is 5.16 Å². The maximum absolute atomic E-state index is 11.6. The van der Waals surface area contributed by atoms with Gasteiger partial charge >= 0.3 is 5.97 Å². The number of hydrogen-bond acceptors (Lipinski definition) is 6. The second kappa shape index (κ2) is 4.32. The van der Waals surface area contributed by atoms with Gasteiger partial charge < -0.3 is 10.5 Å². The van der Waals surface area contributed by atoms with Crippen molar-refractivity contribution in [2.75, 3.05) is 12.8 Å². The fraction of sp³-hybridized carbons (Fsp3) is 0.667. The number of nitrogens with zero attached hydrogens (tertiary/aromatic N) is 3. The van der Waals surface area contributed by atoms with Crippen molar-refractivity contribution in [1.29, 1.82) is 0 Å². The van der Waals surface area contributed by atoms with E-state index in [4.69, 9.17) is 10.5 Å². The van der Waals surface area contributed by atoms with Crippen LogP contribution in [0.5, 0.6) is 0 Å². The number of nitrogens with two attached hydrogens (primary N) is 1. The quantitative estimate of drug-likeness (QED) is 0.609. The van der Waals surface area contributed by atoms with Crippen LogP contribution in [0.2, 0.25) is 0 Å². The van der Waals surface area contributed by atoms with Crippen LogP contribution >= 0.6 is 11.8 Å². The Hall–Kier alpha value is -1.24. The van der Waals surface area contributed by atoms with Crippen molar-refractivity contribution in [3.8, 4) is 0 Å². The summed E-state index contributed by atoms with van der Waals surface area (Å²) in [6.07, 6.45) is 2.14. The third-order valence-electron chi connectivity index (χ3n) is 2.58. The standard InChI is InChI=1S/C9H14N4O2S/c1-13-8(10)11-12-9(13)16-6(5-3-4-5)7(14)15-2/h5-6H,3-4H2,1-2H3,(H2,10,11). The normalized spacial score (nSPS) is 17.1. The number of ether oxygens (including phenoxy) is 1. The lowest BCUT2D eigenvalue weighted by atomic mass is 10.3. The summed E-state index contributed by atoms with van der Waals surface area (Å²) in [5.41, 5.74) is 5.58. The molecule has 0 amide bonds. The summed E-state index contributed by atoms with van der Waals surface area (Å²) in [7, 11) is 3.18. The predicted molar refractivity (Wildman–Crippen MR) is 59.8 cm³/mol. The Morgan fingerprint density at radius 2 is 2.31 bits per heavy atom. The number of nitrogen functional groups attached to an aromatic ring is 1. The van der Waals surface area contributed by atoms with Crippen LogP contribution in [0.1, 0.15) is 12.8 Å². The number of anilines is 1.